The van der Waals surface area contributed by atoms with Gasteiger partial charge in [0.05, 0.1) is 0 Å². The van der Waals surface area contributed by atoms with Crippen molar-refractivity contribution in [2.24, 2.45) is 0 Å². The minimum absolute atomic E-state index is 1.10. The van der Waals surface area contributed by atoms with Gasteiger partial charge in [-0.25, -0.2) is 0 Å². The Hall–Kier alpha value is -6.96. The van der Waals surface area contributed by atoms with Gasteiger partial charge in [0.25, 0.3) is 0 Å². The summed E-state index contributed by atoms with van der Waals surface area (Å²) in [5.41, 5.74) is 15.4. The van der Waals surface area contributed by atoms with E-state index >= 15 is 0 Å². The van der Waals surface area contributed by atoms with Gasteiger partial charge in [0.1, 0.15) is 0 Å². The summed E-state index contributed by atoms with van der Waals surface area (Å²) in [7, 11) is 0. The first kappa shape index (κ1) is 32.0. The summed E-state index contributed by atoms with van der Waals surface area (Å²) in [6.45, 7) is 0. The number of nitrogens with zero attached hydrogens (tertiary/aromatic N) is 1. The van der Waals surface area contributed by atoms with Gasteiger partial charge >= 0.3 is 0 Å². The van der Waals surface area contributed by atoms with E-state index in [4.69, 9.17) is 0 Å². The fourth-order valence-electron chi connectivity index (χ4n) is 7.50. The summed E-state index contributed by atoms with van der Waals surface area (Å²) in [5, 5.41) is 2.51. The van der Waals surface area contributed by atoms with Crippen LogP contribution in [0.3, 0.4) is 0 Å². The van der Waals surface area contributed by atoms with Gasteiger partial charge in [-0.15, -0.1) is 0 Å². The van der Waals surface area contributed by atoms with Crippen molar-refractivity contribution in [2.75, 3.05) is 4.90 Å². The molecule has 0 radical (unpaired) electrons. The zero-order valence-corrected chi connectivity index (χ0v) is 29.3. The number of fused-ring (bicyclic) bond motifs is 1. The molecule has 0 N–H and O–H groups in total. The number of benzene rings is 9. The van der Waals surface area contributed by atoms with Gasteiger partial charge in [-0.1, -0.05) is 182 Å². The molecule has 0 aliphatic heterocycles. The number of para-hydroxylation sites is 1. The zero-order chi connectivity index (χ0) is 35.4. The van der Waals surface area contributed by atoms with Crippen LogP contribution in [0.2, 0.25) is 0 Å². The summed E-state index contributed by atoms with van der Waals surface area (Å²) < 4.78 is 0. The highest BCUT2D eigenvalue weighted by atomic mass is 15.1. The lowest BCUT2D eigenvalue weighted by Gasteiger charge is -2.26. The van der Waals surface area contributed by atoms with Crippen LogP contribution in [0, 0.1) is 0 Å². The lowest BCUT2D eigenvalue weighted by atomic mass is 9.87. The predicted molar refractivity (Wildman–Crippen MR) is 226 cm³/mol. The SMILES string of the molecule is c1ccc(-c2ccccc2-c2ccccc2-c2ccccc2-c2ccc(N(c3ccccc3)c3ccc(-c4ccc5ccccc5c4)cc3)cc2)cc1. The Morgan fingerprint density at radius 3 is 1.11 bits per heavy atom. The van der Waals surface area contributed by atoms with Gasteiger partial charge in [0.2, 0.25) is 0 Å². The van der Waals surface area contributed by atoms with Crippen LogP contribution in [0.5, 0.6) is 0 Å². The van der Waals surface area contributed by atoms with Crippen LogP contribution in [0.25, 0.3) is 66.4 Å². The molecule has 0 spiro atoms. The molecule has 0 fully saturated rings. The molecule has 1 heteroatoms. The third-order valence-corrected chi connectivity index (χ3v) is 10.1. The van der Waals surface area contributed by atoms with E-state index < -0.39 is 0 Å². The molecule has 250 valence electrons. The maximum absolute atomic E-state index is 2.33. The molecule has 0 bridgehead atoms. The molecule has 9 rings (SSSR count). The van der Waals surface area contributed by atoms with Crippen LogP contribution in [-0.4, -0.2) is 0 Å². The van der Waals surface area contributed by atoms with Crippen molar-refractivity contribution in [1.82, 2.24) is 0 Å². The van der Waals surface area contributed by atoms with E-state index in [1.54, 1.807) is 0 Å². The Balaban J connectivity index is 1.08. The van der Waals surface area contributed by atoms with Gasteiger partial charge in [-0.3, -0.25) is 0 Å². The quantitative estimate of drug-likeness (QED) is 0.155. The average Bonchev–Trinajstić information content (AvgIpc) is 3.25. The molecule has 0 aliphatic carbocycles. The molecule has 0 amide bonds. The molecule has 0 atom stereocenters. The molecular formula is C52H37N. The molecule has 9 aromatic rings. The van der Waals surface area contributed by atoms with Crippen molar-refractivity contribution >= 4 is 27.8 Å². The molecule has 0 aliphatic rings. The highest BCUT2D eigenvalue weighted by Crippen LogP contribution is 2.42. The van der Waals surface area contributed by atoms with E-state index in [1.165, 1.54) is 66.4 Å². The number of anilines is 3. The summed E-state index contributed by atoms with van der Waals surface area (Å²) in [4.78, 5) is 2.33. The predicted octanol–water partition coefficient (Wildman–Crippen LogP) is 14.6. The third-order valence-electron chi connectivity index (χ3n) is 10.1. The summed E-state index contributed by atoms with van der Waals surface area (Å²) >= 11 is 0. The maximum Gasteiger partial charge on any atom is 0.0462 e. The molecule has 1 nitrogen and oxygen atoms in total. The van der Waals surface area contributed by atoms with Crippen LogP contribution >= 0.6 is 0 Å². The monoisotopic (exact) mass is 675 g/mol. The van der Waals surface area contributed by atoms with Gasteiger partial charge in [0, 0.05) is 17.1 Å². The molecule has 53 heavy (non-hydrogen) atoms. The van der Waals surface area contributed by atoms with Crippen LogP contribution < -0.4 is 4.90 Å². The largest absolute Gasteiger partial charge is 0.311 e. The van der Waals surface area contributed by atoms with E-state index in [-0.39, 0.29) is 0 Å². The number of hydrogen-bond donors (Lipinski definition) is 0. The van der Waals surface area contributed by atoms with Crippen molar-refractivity contribution in [3.8, 4) is 55.6 Å². The molecule has 0 saturated heterocycles. The average molecular weight is 676 g/mol. The van der Waals surface area contributed by atoms with E-state index in [2.05, 4.69) is 229 Å². The molecular weight excluding hydrogens is 639 g/mol. The first-order valence-electron chi connectivity index (χ1n) is 18.2. The molecule has 0 heterocycles. The molecule has 9 aromatic carbocycles. The zero-order valence-electron chi connectivity index (χ0n) is 29.3. The Kier molecular flexibility index (Phi) is 8.66. The molecule has 0 saturated carbocycles. The fourth-order valence-corrected chi connectivity index (χ4v) is 7.50. The van der Waals surface area contributed by atoms with E-state index in [1.807, 2.05) is 0 Å². The van der Waals surface area contributed by atoms with Crippen molar-refractivity contribution in [2.45, 2.75) is 0 Å². The maximum atomic E-state index is 2.33. The Bertz CT molecular complexity index is 2640. The van der Waals surface area contributed by atoms with Crippen molar-refractivity contribution < 1.29 is 0 Å². The normalized spacial score (nSPS) is 11.0. The van der Waals surface area contributed by atoms with Crippen LogP contribution in [0.4, 0.5) is 17.1 Å². The molecule has 0 aromatic heterocycles. The van der Waals surface area contributed by atoms with Gasteiger partial charge in [0.15, 0.2) is 0 Å². The van der Waals surface area contributed by atoms with E-state index in [0.29, 0.717) is 0 Å². The Morgan fingerprint density at radius 2 is 0.566 bits per heavy atom. The Morgan fingerprint density at radius 1 is 0.208 bits per heavy atom. The highest BCUT2D eigenvalue weighted by molar-refractivity contribution is 5.96. The highest BCUT2D eigenvalue weighted by Gasteiger charge is 2.17. The topological polar surface area (TPSA) is 3.24 Å². The number of hydrogen-bond acceptors (Lipinski definition) is 1. The van der Waals surface area contributed by atoms with Crippen molar-refractivity contribution in [3.05, 3.63) is 224 Å². The van der Waals surface area contributed by atoms with Crippen LogP contribution in [0.1, 0.15) is 0 Å². The van der Waals surface area contributed by atoms with Crippen molar-refractivity contribution in [3.63, 3.8) is 0 Å². The standard InChI is InChI=1S/C52H37N/c1-3-16-40(17-4-1)47-21-9-11-23-49(47)51-25-13-14-26-52(51)50-24-12-10-22-48(50)41-31-35-46(36-32-41)53(44-19-5-2-6-20-44)45-33-29-39(30-34-45)43-28-27-38-15-7-8-18-42(38)37-43/h1-37H. The smallest absolute Gasteiger partial charge is 0.0462 e. The third kappa shape index (κ3) is 6.42. The van der Waals surface area contributed by atoms with Crippen molar-refractivity contribution in [1.29, 1.82) is 0 Å². The second-order valence-electron chi connectivity index (χ2n) is 13.3. The summed E-state index contributed by atoms with van der Waals surface area (Å²) in [5.74, 6) is 0. The van der Waals surface area contributed by atoms with Crippen LogP contribution in [-0.2, 0) is 0 Å². The summed E-state index contributed by atoms with van der Waals surface area (Å²) in [6.07, 6.45) is 0. The second kappa shape index (κ2) is 14.3. The lowest BCUT2D eigenvalue weighted by Crippen LogP contribution is -2.09. The first-order chi connectivity index (χ1) is 26.3. The first-order valence-corrected chi connectivity index (χ1v) is 18.2. The van der Waals surface area contributed by atoms with Gasteiger partial charge < -0.3 is 4.90 Å². The lowest BCUT2D eigenvalue weighted by molar-refractivity contribution is 1.28. The minimum Gasteiger partial charge on any atom is -0.311 e. The second-order valence-corrected chi connectivity index (χ2v) is 13.3. The van der Waals surface area contributed by atoms with E-state index in [9.17, 15) is 0 Å². The van der Waals surface area contributed by atoms with E-state index in [0.717, 1.165) is 17.1 Å². The molecule has 0 unspecified atom stereocenters. The Labute approximate surface area is 311 Å². The summed E-state index contributed by atoms with van der Waals surface area (Å²) in [6, 6.07) is 80.7. The number of rotatable bonds is 8. The van der Waals surface area contributed by atoms with Gasteiger partial charge in [-0.05, 0) is 109 Å². The minimum atomic E-state index is 1.10. The van der Waals surface area contributed by atoms with Crippen LogP contribution in [0.15, 0.2) is 224 Å². The fraction of sp³-hybridized carbons (Fsp3) is 0. The van der Waals surface area contributed by atoms with Gasteiger partial charge in [-0.2, -0.15) is 0 Å².